The zero-order chi connectivity index (χ0) is 15.5. The van der Waals surface area contributed by atoms with Crippen LogP contribution in [-0.4, -0.2) is 48.5 Å². The lowest BCUT2D eigenvalue weighted by Gasteiger charge is -2.35. The zero-order valence-electron chi connectivity index (χ0n) is 12.8. The number of aliphatic carboxylic acids is 1. The summed E-state index contributed by atoms with van der Waals surface area (Å²) in [6, 6.07) is 3.79. The third-order valence-electron chi connectivity index (χ3n) is 4.66. The second-order valence-corrected chi connectivity index (χ2v) is 5.93. The molecule has 0 aliphatic carbocycles. The highest BCUT2D eigenvalue weighted by molar-refractivity contribution is 5.72. The van der Waals surface area contributed by atoms with Gasteiger partial charge in [0.1, 0.15) is 0 Å². The number of rotatable bonds is 4. The molecule has 1 aromatic heterocycles. The van der Waals surface area contributed by atoms with E-state index in [1.54, 1.807) is 13.3 Å². The molecule has 2 aliphatic rings. The summed E-state index contributed by atoms with van der Waals surface area (Å²) in [6.45, 7) is 1.80. The van der Waals surface area contributed by atoms with Crippen LogP contribution in [0.1, 0.15) is 25.7 Å². The van der Waals surface area contributed by atoms with E-state index in [9.17, 15) is 4.79 Å². The zero-order valence-corrected chi connectivity index (χ0v) is 12.8. The van der Waals surface area contributed by atoms with Gasteiger partial charge in [0.15, 0.2) is 17.7 Å². The summed E-state index contributed by atoms with van der Waals surface area (Å²) in [5, 5.41) is 9.02. The molecule has 6 nitrogen and oxygen atoms in total. The van der Waals surface area contributed by atoms with Crippen molar-refractivity contribution < 1.29 is 19.4 Å². The van der Waals surface area contributed by atoms with Crippen LogP contribution in [0.15, 0.2) is 18.3 Å². The van der Waals surface area contributed by atoms with Crippen molar-refractivity contribution in [1.29, 1.82) is 0 Å². The average molecular weight is 306 g/mol. The van der Waals surface area contributed by atoms with E-state index in [1.807, 2.05) is 12.1 Å². The van der Waals surface area contributed by atoms with Gasteiger partial charge in [0.05, 0.1) is 13.2 Å². The monoisotopic (exact) mass is 306 g/mol. The molecule has 1 N–H and O–H groups in total. The summed E-state index contributed by atoms with van der Waals surface area (Å²) < 4.78 is 11.1. The van der Waals surface area contributed by atoms with Crippen molar-refractivity contribution in [3.8, 4) is 5.75 Å². The molecule has 0 spiro atoms. The van der Waals surface area contributed by atoms with Crippen LogP contribution in [0.4, 0.5) is 5.82 Å². The third-order valence-corrected chi connectivity index (χ3v) is 4.66. The third kappa shape index (κ3) is 3.02. The van der Waals surface area contributed by atoms with Crippen molar-refractivity contribution in [3.63, 3.8) is 0 Å². The number of anilines is 1. The summed E-state index contributed by atoms with van der Waals surface area (Å²) in [5.41, 5.74) is 0. The molecule has 2 saturated heterocycles. The maximum absolute atomic E-state index is 11.0. The Kier molecular flexibility index (Phi) is 4.47. The Labute approximate surface area is 130 Å². The molecule has 120 valence electrons. The van der Waals surface area contributed by atoms with Crippen molar-refractivity contribution in [2.24, 2.45) is 5.92 Å². The van der Waals surface area contributed by atoms with Crippen molar-refractivity contribution >= 4 is 11.8 Å². The summed E-state index contributed by atoms with van der Waals surface area (Å²) >= 11 is 0. The Morgan fingerprint density at radius 2 is 2.14 bits per heavy atom. The van der Waals surface area contributed by atoms with E-state index >= 15 is 0 Å². The molecular formula is C16H22N2O4. The Balaban J connectivity index is 1.58. The molecule has 0 unspecified atom stereocenters. The number of ether oxygens (including phenoxy) is 2. The Hall–Kier alpha value is -1.82. The molecule has 1 aromatic rings. The van der Waals surface area contributed by atoms with Crippen LogP contribution in [0.5, 0.6) is 5.75 Å². The molecule has 0 amide bonds. The lowest BCUT2D eigenvalue weighted by molar-refractivity contribution is -0.150. The van der Waals surface area contributed by atoms with Crippen LogP contribution in [0.2, 0.25) is 0 Å². The summed E-state index contributed by atoms with van der Waals surface area (Å²) in [7, 11) is 1.66. The average Bonchev–Trinajstić information content (AvgIpc) is 3.05. The van der Waals surface area contributed by atoms with E-state index in [0.717, 1.165) is 43.9 Å². The molecule has 0 radical (unpaired) electrons. The molecule has 2 aliphatic heterocycles. The number of hydrogen-bond acceptors (Lipinski definition) is 5. The largest absolute Gasteiger partial charge is 0.493 e. The van der Waals surface area contributed by atoms with Crippen LogP contribution < -0.4 is 9.64 Å². The molecule has 2 atom stereocenters. The second-order valence-electron chi connectivity index (χ2n) is 5.93. The van der Waals surface area contributed by atoms with Gasteiger partial charge in [-0.05, 0) is 43.7 Å². The van der Waals surface area contributed by atoms with Crippen LogP contribution in [0.3, 0.4) is 0 Å². The van der Waals surface area contributed by atoms with Gasteiger partial charge >= 0.3 is 5.97 Å². The lowest BCUT2D eigenvalue weighted by atomic mass is 9.89. The number of carboxylic acid groups (broad SMARTS) is 1. The van der Waals surface area contributed by atoms with E-state index in [4.69, 9.17) is 14.6 Å². The summed E-state index contributed by atoms with van der Waals surface area (Å²) in [6.07, 6.45) is 4.74. The number of aromatic nitrogens is 1. The van der Waals surface area contributed by atoms with Crippen LogP contribution in [0.25, 0.3) is 0 Å². The second kappa shape index (κ2) is 6.52. The molecule has 3 heterocycles. The number of carbonyl (C=O) groups is 1. The van der Waals surface area contributed by atoms with Crippen molar-refractivity contribution in [3.05, 3.63) is 18.3 Å². The smallest absolute Gasteiger partial charge is 0.332 e. The number of nitrogens with zero attached hydrogens (tertiary/aromatic N) is 2. The first-order chi connectivity index (χ1) is 10.7. The number of piperidine rings is 1. The Morgan fingerprint density at radius 3 is 2.77 bits per heavy atom. The fraction of sp³-hybridized carbons (Fsp3) is 0.625. The topological polar surface area (TPSA) is 71.9 Å². The van der Waals surface area contributed by atoms with Gasteiger partial charge in [-0.3, -0.25) is 0 Å². The quantitative estimate of drug-likeness (QED) is 0.916. The summed E-state index contributed by atoms with van der Waals surface area (Å²) in [4.78, 5) is 17.6. The highest BCUT2D eigenvalue weighted by Gasteiger charge is 2.36. The molecule has 6 heteroatoms. The highest BCUT2D eigenvalue weighted by atomic mass is 16.5. The first-order valence-corrected chi connectivity index (χ1v) is 7.81. The van der Waals surface area contributed by atoms with E-state index in [1.165, 1.54) is 0 Å². The predicted octanol–water partition coefficient (Wildman–Crippen LogP) is 1.94. The highest BCUT2D eigenvalue weighted by Crippen LogP contribution is 2.34. The predicted molar refractivity (Wildman–Crippen MR) is 81.3 cm³/mol. The fourth-order valence-corrected chi connectivity index (χ4v) is 3.45. The van der Waals surface area contributed by atoms with Gasteiger partial charge in [-0.2, -0.15) is 0 Å². The van der Waals surface area contributed by atoms with Gasteiger partial charge in [0.2, 0.25) is 0 Å². The standard InChI is InChI=1S/C16H22N2O4/c1-21-13-3-2-8-17-15(13)18-9-6-11(7-10-18)12-4-5-14(22-12)16(19)20/h2-3,8,11-12,14H,4-7,9-10H2,1H3,(H,19,20)/t12-,14+/m0/s1. The molecule has 0 saturated carbocycles. The molecule has 0 aromatic carbocycles. The Morgan fingerprint density at radius 1 is 1.36 bits per heavy atom. The minimum absolute atomic E-state index is 0.0916. The molecule has 2 fully saturated rings. The van der Waals surface area contributed by atoms with E-state index < -0.39 is 12.1 Å². The van der Waals surface area contributed by atoms with Gasteiger partial charge in [-0.25, -0.2) is 9.78 Å². The first kappa shape index (κ1) is 15.1. The van der Waals surface area contributed by atoms with Gasteiger partial charge in [0.25, 0.3) is 0 Å². The van der Waals surface area contributed by atoms with Gasteiger partial charge in [-0.15, -0.1) is 0 Å². The lowest BCUT2D eigenvalue weighted by Crippen LogP contribution is -2.38. The van der Waals surface area contributed by atoms with Crippen LogP contribution in [-0.2, 0) is 9.53 Å². The fourth-order valence-electron chi connectivity index (χ4n) is 3.45. The number of pyridine rings is 1. The molecule has 0 bridgehead atoms. The molecular weight excluding hydrogens is 284 g/mol. The number of hydrogen-bond donors (Lipinski definition) is 1. The van der Waals surface area contributed by atoms with Gasteiger partial charge in [0, 0.05) is 19.3 Å². The first-order valence-electron chi connectivity index (χ1n) is 7.81. The van der Waals surface area contributed by atoms with E-state index in [-0.39, 0.29) is 6.10 Å². The number of methoxy groups -OCH3 is 1. The maximum atomic E-state index is 11.0. The normalized spacial score (nSPS) is 26.1. The SMILES string of the molecule is COc1cccnc1N1CCC([C@@H]2CC[C@H](C(=O)O)O2)CC1. The molecule has 3 rings (SSSR count). The summed E-state index contributed by atoms with van der Waals surface area (Å²) in [5.74, 6) is 1.29. The van der Waals surface area contributed by atoms with Crippen molar-refractivity contribution in [2.45, 2.75) is 37.9 Å². The number of carboxylic acids is 1. The van der Waals surface area contributed by atoms with E-state index in [0.29, 0.717) is 12.3 Å². The van der Waals surface area contributed by atoms with Crippen LogP contribution >= 0.6 is 0 Å². The van der Waals surface area contributed by atoms with Crippen molar-refractivity contribution in [2.75, 3.05) is 25.1 Å². The minimum atomic E-state index is -0.835. The van der Waals surface area contributed by atoms with Gasteiger partial charge < -0.3 is 19.5 Å². The van der Waals surface area contributed by atoms with Gasteiger partial charge in [-0.1, -0.05) is 0 Å². The van der Waals surface area contributed by atoms with E-state index in [2.05, 4.69) is 9.88 Å². The molecule has 22 heavy (non-hydrogen) atoms. The minimum Gasteiger partial charge on any atom is -0.493 e. The Bertz CT molecular complexity index is 529. The van der Waals surface area contributed by atoms with Crippen LogP contribution in [0, 0.1) is 5.92 Å². The maximum Gasteiger partial charge on any atom is 0.332 e. The van der Waals surface area contributed by atoms with Crippen molar-refractivity contribution in [1.82, 2.24) is 4.98 Å².